The first-order chi connectivity index (χ1) is 9.94. The van der Waals surface area contributed by atoms with Crippen molar-refractivity contribution in [3.63, 3.8) is 0 Å². The van der Waals surface area contributed by atoms with Crippen molar-refractivity contribution >= 4 is 5.95 Å². The number of ether oxygens (including phenoxy) is 1. The fourth-order valence-corrected chi connectivity index (χ4v) is 1.36. The third-order valence-electron chi connectivity index (χ3n) is 2.25. The molecule has 2 heterocycles. The predicted octanol–water partition coefficient (Wildman–Crippen LogP) is 1.15. The SMILES string of the molecule is CCCOc1nc(NN)nc(-n2ccc(C(F)(F)F)n2)n1. The van der Waals surface area contributed by atoms with Crippen LogP contribution in [0.4, 0.5) is 19.1 Å². The zero-order valence-electron chi connectivity index (χ0n) is 10.9. The van der Waals surface area contributed by atoms with E-state index in [-0.39, 0.29) is 17.9 Å². The number of alkyl halides is 3. The Balaban J connectivity index is 2.36. The van der Waals surface area contributed by atoms with Crippen molar-refractivity contribution in [2.75, 3.05) is 12.0 Å². The molecule has 11 heteroatoms. The molecule has 0 saturated carbocycles. The Kier molecular flexibility index (Phi) is 4.21. The van der Waals surface area contributed by atoms with Gasteiger partial charge in [-0.1, -0.05) is 6.92 Å². The summed E-state index contributed by atoms with van der Waals surface area (Å²) in [6, 6.07) is 0.755. The number of nitrogen functional groups attached to an aromatic ring is 1. The van der Waals surface area contributed by atoms with Crippen molar-refractivity contribution in [1.82, 2.24) is 24.7 Å². The van der Waals surface area contributed by atoms with Gasteiger partial charge in [-0.15, -0.1) is 0 Å². The number of hydrazine groups is 1. The summed E-state index contributed by atoms with van der Waals surface area (Å²) in [5, 5.41) is 3.36. The van der Waals surface area contributed by atoms with E-state index < -0.39 is 11.9 Å². The molecule has 0 atom stereocenters. The van der Waals surface area contributed by atoms with Crippen molar-refractivity contribution < 1.29 is 17.9 Å². The summed E-state index contributed by atoms with van der Waals surface area (Å²) in [4.78, 5) is 11.5. The Morgan fingerprint density at radius 3 is 2.67 bits per heavy atom. The highest BCUT2D eigenvalue weighted by Gasteiger charge is 2.33. The van der Waals surface area contributed by atoms with Crippen molar-refractivity contribution in [1.29, 1.82) is 0 Å². The lowest BCUT2D eigenvalue weighted by Gasteiger charge is -2.07. The fraction of sp³-hybridized carbons (Fsp3) is 0.400. The molecule has 0 radical (unpaired) electrons. The quantitative estimate of drug-likeness (QED) is 0.630. The second-order valence-corrected chi connectivity index (χ2v) is 3.88. The number of anilines is 1. The Morgan fingerprint density at radius 2 is 2.10 bits per heavy atom. The molecule has 0 amide bonds. The lowest BCUT2D eigenvalue weighted by Crippen LogP contribution is -2.15. The van der Waals surface area contributed by atoms with Gasteiger partial charge in [0.15, 0.2) is 5.69 Å². The van der Waals surface area contributed by atoms with Crippen LogP contribution in [0.25, 0.3) is 5.95 Å². The number of rotatable bonds is 5. The molecular formula is C10H12F3N7O. The minimum absolute atomic E-state index is 0.0461. The molecule has 0 unspecified atom stereocenters. The number of nitrogens with one attached hydrogen (secondary N) is 1. The summed E-state index contributed by atoms with van der Waals surface area (Å²) in [5.41, 5.74) is 1.13. The molecule has 0 aliphatic carbocycles. The Bertz CT molecular complexity index is 613. The average Bonchev–Trinajstić information content (AvgIpc) is 2.94. The van der Waals surface area contributed by atoms with E-state index >= 15 is 0 Å². The Hall–Kier alpha value is -2.43. The van der Waals surface area contributed by atoms with E-state index in [0.29, 0.717) is 13.0 Å². The van der Waals surface area contributed by atoms with E-state index in [1.807, 2.05) is 6.92 Å². The van der Waals surface area contributed by atoms with Gasteiger partial charge in [0, 0.05) is 6.20 Å². The molecule has 0 fully saturated rings. The van der Waals surface area contributed by atoms with Crippen LogP contribution in [-0.2, 0) is 6.18 Å². The van der Waals surface area contributed by atoms with E-state index in [1.54, 1.807) is 0 Å². The first-order valence-electron chi connectivity index (χ1n) is 5.92. The standard InChI is InChI=1S/C10H12F3N7O/c1-2-5-21-9-16-7(18-14)15-8(17-9)20-4-3-6(19-20)10(11,12)13/h3-4H,2,5,14H2,1H3,(H,15,16,17,18). The summed E-state index contributed by atoms with van der Waals surface area (Å²) in [6.45, 7) is 2.23. The third-order valence-corrected chi connectivity index (χ3v) is 2.25. The van der Waals surface area contributed by atoms with Crippen LogP contribution in [0.2, 0.25) is 0 Å². The highest BCUT2D eigenvalue weighted by atomic mass is 19.4. The van der Waals surface area contributed by atoms with Crippen molar-refractivity contribution in [3.05, 3.63) is 18.0 Å². The van der Waals surface area contributed by atoms with E-state index in [9.17, 15) is 13.2 Å². The number of nitrogens with zero attached hydrogens (tertiary/aromatic N) is 5. The predicted molar refractivity (Wildman–Crippen MR) is 65.5 cm³/mol. The maximum atomic E-state index is 12.5. The molecule has 2 aromatic rings. The highest BCUT2D eigenvalue weighted by molar-refractivity contribution is 5.28. The molecule has 21 heavy (non-hydrogen) atoms. The van der Waals surface area contributed by atoms with Crippen molar-refractivity contribution in [2.45, 2.75) is 19.5 Å². The molecule has 3 N–H and O–H groups in total. The van der Waals surface area contributed by atoms with Crippen LogP contribution in [0.3, 0.4) is 0 Å². The van der Waals surface area contributed by atoms with E-state index in [2.05, 4.69) is 25.5 Å². The first-order valence-corrected chi connectivity index (χ1v) is 5.92. The van der Waals surface area contributed by atoms with Gasteiger partial charge in [0.25, 0.3) is 5.95 Å². The van der Waals surface area contributed by atoms with E-state index in [1.165, 1.54) is 0 Å². The lowest BCUT2D eigenvalue weighted by molar-refractivity contribution is -0.141. The molecule has 2 rings (SSSR count). The molecule has 2 aromatic heterocycles. The van der Waals surface area contributed by atoms with E-state index in [0.717, 1.165) is 16.9 Å². The summed E-state index contributed by atoms with van der Waals surface area (Å²) >= 11 is 0. The van der Waals surface area contributed by atoms with Crippen LogP contribution in [-0.4, -0.2) is 31.3 Å². The smallest absolute Gasteiger partial charge is 0.435 e. The molecule has 0 aliphatic heterocycles. The van der Waals surface area contributed by atoms with Crippen LogP contribution >= 0.6 is 0 Å². The van der Waals surface area contributed by atoms with Gasteiger partial charge < -0.3 is 4.74 Å². The summed E-state index contributed by atoms with van der Waals surface area (Å²) in [7, 11) is 0. The molecule has 114 valence electrons. The normalized spacial score (nSPS) is 11.5. The van der Waals surface area contributed by atoms with Crippen LogP contribution in [0.15, 0.2) is 12.3 Å². The largest absolute Gasteiger partial charge is 0.463 e. The highest BCUT2D eigenvalue weighted by Crippen LogP contribution is 2.27. The van der Waals surface area contributed by atoms with Gasteiger partial charge in [-0.3, -0.25) is 5.43 Å². The van der Waals surface area contributed by atoms with Gasteiger partial charge in [-0.2, -0.15) is 33.2 Å². The first kappa shape index (κ1) is 15.0. The van der Waals surface area contributed by atoms with Crippen LogP contribution in [0, 0.1) is 0 Å². The second kappa shape index (κ2) is 5.91. The van der Waals surface area contributed by atoms with Gasteiger partial charge in [0.1, 0.15) is 0 Å². The van der Waals surface area contributed by atoms with Crippen molar-refractivity contribution in [2.24, 2.45) is 5.84 Å². The maximum absolute atomic E-state index is 12.5. The van der Waals surface area contributed by atoms with Gasteiger partial charge in [-0.25, -0.2) is 10.5 Å². The molecule has 0 bridgehead atoms. The maximum Gasteiger partial charge on any atom is 0.435 e. The zero-order chi connectivity index (χ0) is 15.5. The van der Waals surface area contributed by atoms with Gasteiger partial charge in [0.05, 0.1) is 6.61 Å². The lowest BCUT2D eigenvalue weighted by atomic mass is 10.4. The Labute approximate surface area is 117 Å². The molecule has 0 aliphatic rings. The number of hydrogen-bond donors (Lipinski definition) is 2. The molecule has 0 saturated heterocycles. The summed E-state index contributed by atoms with van der Waals surface area (Å²) in [5.74, 6) is 5.02. The minimum Gasteiger partial charge on any atom is -0.463 e. The second-order valence-electron chi connectivity index (χ2n) is 3.88. The van der Waals surface area contributed by atoms with E-state index in [4.69, 9.17) is 10.6 Å². The molecule has 0 aromatic carbocycles. The minimum atomic E-state index is -4.55. The molecule has 0 spiro atoms. The van der Waals surface area contributed by atoms with Crippen LogP contribution in [0.1, 0.15) is 19.0 Å². The fourth-order valence-electron chi connectivity index (χ4n) is 1.36. The topological polar surface area (TPSA) is 104 Å². The van der Waals surface area contributed by atoms with Crippen molar-refractivity contribution in [3.8, 4) is 12.0 Å². The molecule has 8 nitrogen and oxygen atoms in total. The summed E-state index contributed by atoms with van der Waals surface area (Å²) < 4.78 is 43.6. The van der Waals surface area contributed by atoms with Crippen LogP contribution in [0.5, 0.6) is 6.01 Å². The zero-order valence-corrected chi connectivity index (χ0v) is 10.9. The average molecular weight is 303 g/mol. The van der Waals surface area contributed by atoms with Gasteiger partial charge in [0.2, 0.25) is 5.95 Å². The Morgan fingerprint density at radius 1 is 1.33 bits per heavy atom. The third kappa shape index (κ3) is 3.56. The van der Waals surface area contributed by atoms with Gasteiger partial charge in [-0.05, 0) is 12.5 Å². The number of halogens is 3. The summed E-state index contributed by atoms with van der Waals surface area (Å²) in [6.07, 6.45) is -2.75. The van der Waals surface area contributed by atoms with Gasteiger partial charge >= 0.3 is 12.2 Å². The number of nitrogens with two attached hydrogens (primary N) is 1. The number of hydrogen-bond acceptors (Lipinski definition) is 7. The molecular weight excluding hydrogens is 291 g/mol. The number of aromatic nitrogens is 5. The monoisotopic (exact) mass is 303 g/mol. The van der Waals surface area contributed by atoms with Crippen LogP contribution < -0.4 is 16.0 Å².